The van der Waals surface area contributed by atoms with Gasteiger partial charge in [-0.1, -0.05) is 37.6 Å². The van der Waals surface area contributed by atoms with Gasteiger partial charge in [-0.3, -0.25) is 14.0 Å². The Morgan fingerprint density at radius 1 is 1.21 bits per heavy atom. The van der Waals surface area contributed by atoms with Crippen LogP contribution in [0.1, 0.15) is 32.4 Å². The lowest BCUT2D eigenvalue weighted by atomic mass is 10.0. The van der Waals surface area contributed by atoms with E-state index in [1.54, 1.807) is 24.3 Å². The van der Waals surface area contributed by atoms with Crippen LogP contribution in [-0.2, 0) is 11.4 Å². The van der Waals surface area contributed by atoms with Crippen molar-refractivity contribution in [3.63, 3.8) is 0 Å². The number of anilines is 1. The molecule has 0 unspecified atom stereocenters. The largest absolute Gasteiger partial charge is 0.485 e. The van der Waals surface area contributed by atoms with Crippen LogP contribution in [0.5, 0.6) is 5.75 Å². The number of ether oxygens (including phenoxy) is 1. The molecule has 2 aromatic heterocycles. The van der Waals surface area contributed by atoms with Crippen molar-refractivity contribution in [3.05, 3.63) is 69.7 Å². The zero-order chi connectivity index (χ0) is 20.1. The number of rotatable bonds is 7. The van der Waals surface area contributed by atoms with E-state index in [9.17, 15) is 9.59 Å². The van der Waals surface area contributed by atoms with Crippen LogP contribution in [0.15, 0.2) is 53.5 Å². The molecule has 7 heteroatoms. The quantitative estimate of drug-likeness (QED) is 0.642. The minimum atomic E-state index is -0.235. The molecule has 0 radical (unpaired) electrons. The smallest absolute Gasteiger partial charge is 0.258 e. The molecule has 3 aromatic rings. The summed E-state index contributed by atoms with van der Waals surface area (Å²) in [6, 6.07) is 12.0. The summed E-state index contributed by atoms with van der Waals surface area (Å²) in [4.78, 5) is 29.1. The van der Waals surface area contributed by atoms with Crippen molar-refractivity contribution in [1.82, 2.24) is 9.38 Å². The highest BCUT2D eigenvalue weighted by Crippen LogP contribution is 2.26. The molecule has 6 nitrogen and oxygen atoms in total. The van der Waals surface area contributed by atoms with Crippen LogP contribution in [0.2, 0.25) is 5.02 Å². The van der Waals surface area contributed by atoms with E-state index in [1.807, 2.05) is 26.0 Å². The SMILES string of the molecule is CCC(CC)C(=O)Nc1ccccc1OCc1cc(=O)n2cc(Cl)ccc2n1. The molecule has 146 valence electrons. The van der Waals surface area contributed by atoms with Crippen LogP contribution in [0, 0.1) is 5.92 Å². The Morgan fingerprint density at radius 3 is 2.71 bits per heavy atom. The van der Waals surface area contributed by atoms with Gasteiger partial charge in [0.05, 0.1) is 16.4 Å². The molecule has 0 bridgehead atoms. The standard InChI is InChI=1S/C21H22ClN3O3/c1-3-14(4-2)21(27)24-17-7-5-6-8-18(17)28-13-16-11-20(26)25-12-15(22)9-10-19(25)23-16/h5-12,14H,3-4,13H2,1-2H3,(H,24,27). The fourth-order valence-electron chi connectivity index (χ4n) is 2.94. The molecule has 1 aromatic carbocycles. The number of nitrogens with zero attached hydrogens (tertiary/aromatic N) is 2. The van der Waals surface area contributed by atoms with E-state index in [0.717, 1.165) is 12.8 Å². The number of hydrogen-bond donors (Lipinski definition) is 1. The van der Waals surface area contributed by atoms with Gasteiger partial charge in [0.25, 0.3) is 5.56 Å². The van der Waals surface area contributed by atoms with Crippen LogP contribution in [0.25, 0.3) is 5.65 Å². The number of halogens is 1. The van der Waals surface area contributed by atoms with Gasteiger partial charge in [-0.15, -0.1) is 0 Å². The molecule has 0 aliphatic carbocycles. The molecule has 1 N–H and O–H groups in total. The zero-order valence-corrected chi connectivity index (χ0v) is 16.6. The minimum Gasteiger partial charge on any atom is -0.485 e. The molecule has 0 saturated heterocycles. The predicted molar refractivity (Wildman–Crippen MR) is 110 cm³/mol. The van der Waals surface area contributed by atoms with E-state index in [1.165, 1.54) is 16.7 Å². The van der Waals surface area contributed by atoms with Crippen LogP contribution in [0.3, 0.4) is 0 Å². The van der Waals surface area contributed by atoms with Gasteiger partial charge >= 0.3 is 0 Å². The zero-order valence-electron chi connectivity index (χ0n) is 15.8. The maximum absolute atomic E-state index is 12.4. The van der Waals surface area contributed by atoms with E-state index in [2.05, 4.69) is 10.3 Å². The summed E-state index contributed by atoms with van der Waals surface area (Å²) in [6.45, 7) is 4.09. The van der Waals surface area contributed by atoms with Gasteiger partial charge < -0.3 is 10.1 Å². The number of para-hydroxylation sites is 2. The molecule has 28 heavy (non-hydrogen) atoms. The first kappa shape index (κ1) is 19.9. The van der Waals surface area contributed by atoms with Crippen molar-refractivity contribution in [3.8, 4) is 5.75 Å². The lowest BCUT2D eigenvalue weighted by Crippen LogP contribution is -2.22. The number of pyridine rings is 1. The number of carbonyl (C=O) groups excluding carboxylic acids is 1. The molecule has 1 amide bonds. The molecule has 3 rings (SSSR count). The number of benzene rings is 1. The molecule has 0 aliphatic rings. The predicted octanol–water partition coefficient (Wildman–Crippen LogP) is 4.30. The fraction of sp³-hybridized carbons (Fsp3) is 0.286. The summed E-state index contributed by atoms with van der Waals surface area (Å²) in [5, 5.41) is 3.39. The number of aromatic nitrogens is 2. The van der Waals surface area contributed by atoms with E-state index in [0.29, 0.717) is 27.8 Å². The van der Waals surface area contributed by atoms with Crippen LogP contribution >= 0.6 is 11.6 Å². The van der Waals surface area contributed by atoms with Gasteiger partial charge in [-0.2, -0.15) is 0 Å². The summed E-state index contributed by atoms with van der Waals surface area (Å²) in [7, 11) is 0. The van der Waals surface area contributed by atoms with E-state index in [4.69, 9.17) is 16.3 Å². The van der Waals surface area contributed by atoms with Gasteiger partial charge in [0, 0.05) is 18.2 Å². The Labute approximate surface area is 168 Å². The third-order valence-electron chi connectivity index (χ3n) is 4.55. The van der Waals surface area contributed by atoms with Crippen LogP contribution < -0.4 is 15.6 Å². The molecular weight excluding hydrogens is 378 g/mol. The van der Waals surface area contributed by atoms with Crippen LogP contribution in [-0.4, -0.2) is 15.3 Å². The Bertz CT molecular complexity index is 1040. The average molecular weight is 400 g/mol. The van der Waals surface area contributed by atoms with Crippen molar-refractivity contribution < 1.29 is 9.53 Å². The molecule has 0 aliphatic heterocycles. The summed E-state index contributed by atoms with van der Waals surface area (Å²) in [5.74, 6) is 0.460. The van der Waals surface area contributed by atoms with Crippen molar-refractivity contribution >= 4 is 28.8 Å². The highest BCUT2D eigenvalue weighted by Gasteiger charge is 2.16. The van der Waals surface area contributed by atoms with Gasteiger partial charge in [-0.25, -0.2) is 4.98 Å². The molecular formula is C21H22ClN3O3. The van der Waals surface area contributed by atoms with E-state index in [-0.39, 0.29) is 24.0 Å². The number of hydrogen-bond acceptors (Lipinski definition) is 4. The summed E-state index contributed by atoms with van der Waals surface area (Å²) < 4.78 is 7.23. The maximum Gasteiger partial charge on any atom is 0.258 e. The Kier molecular flexibility index (Phi) is 6.31. The van der Waals surface area contributed by atoms with Crippen molar-refractivity contribution in [2.75, 3.05) is 5.32 Å². The third kappa shape index (κ3) is 4.51. The highest BCUT2D eigenvalue weighted by atomic mass is 35.5. The number of nitrogens with one attached hydrogen (secondary N) is 1. The number of carbonyl (C=O) groups is 1. The van der Waals surface area contributed by atoms with E-state index < -0.39 is 0 Å². The molecule has 2 heterocycles. The lowest BCUT2D eigenvalue weighted by molar-refractivity contribution is -0.120. The molecule has 0 atom stereocenters. The normalized spacial score (nSPS) is 11.0. The first-order valence-corrected chi connectivity index (χ1v) is 9.60. The Balaban J connectivity index is 1.78. The summed E-state index contributed by atoms with van der Waals surface area (Å²) in [5.41, 5.74) is 1.35. The second-order valence-corrected chi connectivity index (χ2v) is 6.89. The minimum absolute atomic E-state index is 0.0278. The van der Waals surface area contributed by atoms with Crippen molar-refractivity contribution in [2.45, 2.75) is 33.3 Å². The second-order valence-electron chi connectivity index (χ2n) is 6.45. The first-order valence-electron chi connectivity index (χ1n) is 9.22. The maximum atomic E-state index is 12.4. The topological polar surface area (TPSA) is 72.7 Å². The van der Waals surface area contributed by atoms with Gasteiger partial charge in [0.2, 0.25) is 5.91 Å². The van der Waals surface area contributed by atoms with Crippen molar-refractivity contribution in [2.24, 2.45) is 5.92 Å². The monoisotopic (exact) mass is 399 g/mol. The second kappa shape index (κ2) is 8.89. The highest BCUT2D eigenvalue weighted by molar-refractivity contribution is 6.30. The Hall–Kier alpha value is -2.86. The van der Waals surface area contributed by atoms with Gasteiger partial charge in [0.1, 0.15) is 18.0 Å². The molecule has 0 fully saturated rings. The van der Waals surface area contributed by atoms with Gasteiger partial charge in [-0.05, 0) is 37.1 Å². The van der Waals surface area contributed by atoms with E-state index >= 15 is 0 Å². The van der Waals surface area contributed by atoms with Crippen LogP contribution in [0.4, 0.5) is 5.69 Å². The summed E-state index contributed by atoms with van der Waals surface area (Å²) in [6.07, 6.45) is 3.08. The molecule has 0 saturated carbocycles. The molecule has 0 spiro atoms. The lowest BCUT2D eigenvalue weighted by Gasteiger charge is -2.16. The van der Waals surface area contributed by atoms with Crippen molar-refractivity contribution in [1.29, 1.82) is 0 Å². The fourth-order valence-corrected chi connectivity index (χ4v) is 3.10. The number of amides is 1. The number of fused-ring (bicyclic) bond motifs is 1. The average Bonchev–Trinajstić information content (AvgIpc) is 2.69. The Morgan fingerprint density at radius 2 is 1.96 bits per heavy atom. The first-order chi connectivity index (χ1) is 13.5. The van der Waals surface area contributed by atoms with Gasteiger partial charge in [0.15, 0.2) is 0 Å². The third-order valence-corrected chi connectivity index (χ3v) is 4.78. The summed E-state index contributed by atoms with van der Waals surface area (Å²) >= 11 is 5.93.